The first kappa shape index (κ1) is 13.9. The number of ether oxygens (including phenoxy) is 1. The highest BCUT2D eigenvalue weighted by Gasteiger charge is 2.23. The van der Waals surface area contributed by atoms with E-state index >= 15 is 0 Å². The van der Waals surface area contributed by atoms with E-state index in [1.54, 1.807) is 0 Å². The van der Waals surface area contributed by atoms with E-state index in [4.69, 9.17) is 4.74 Å². The van der Waals surface area contributed by atoms with E-state index in [1.165, 1.54) is 7.11 Å². The average molecular weight is 299 g/mol. The standard InChI is InChI=1S/C13H15BrO3/c1-7-5-8(2)11(12(16)10(15)6-14)13(17-4)9(7)3/h5H,6H2,1-4H3. The van der Waals surface area contributed by atoms with Gasteiger partial charge in [0.25, 0.3) is 0 Å². The minimum atomic E-state index is -0.501. The molecule has 3 nitrogen and oxygen atoms in total. The number of ketones is 2. The van der Waals surface area contributed by atoms with Crippen molar-refractivity contribution in [2.24, 2.45) is 0 Å². The molecule has 1 aromatic carbocycles. The summed E-state index contributed by atoms with van der Waals surface area (Å²) in [7, 11) is 1.51. The van der Waals surface area contributed by atoms with Crippen molar-refractivity contribution in [2.45, 2.75) is 20.8 Å². The van der Waals surface area contributed by atoms with Crippen molar-refractivity contribution in [3.8, 4) is 5.75 Å². The first-order chi connectivity index (χ1) is 7.93. The fraction of sp³-hybridized carbons (Fsp3) is 0.385. The fourth-order valence-corrected chi connectivity index (χ4v) is 2.04. The number of hydrogen-bond donors (Lipinski definition) is 0. The number of methoxy groups -OCH3 is 1. The lowest BCUT2D eigenvalue weighted by Crippen LogP contribution is -2.18. The molecule has 0 amide bonds. The molecule has 0 atom stereocenters. The average Bonchev–Trinajstić information content (AvgIpc) is 2.31. The van der Waals surface area contributed by atoms with Gasteiger partial charge in [-0.1, -0.05) is 22.0 Å². The highest BCUT2D eigenvalue weighted by molar-refractivity contribution is 9.09. The van der Waals surface area contributed by atoms with Gasteiger partial charge < -0.3 is 4.74 Å². The van der Waals surface area contributed by atoms with E-state index in [0.29, 0.717) is 11.3 Å². The van der Waals surface area contributed by atoms with Gasteiger partial charge in [-0.15, -0.1) is 0 Å². The van der Waals surface area contributed by atoms with Crippen LogP contribution in [0.3, 0.4) is 0 Å². The van der Waals surface area contributed by atoms with Crippen LogP contribution in [0.5, 0.6) is 5.75 Å². The van der Waals surface area contributed by atoms with Gasteiger partial charge in [-0.05, 0) is 37.5 Å². The third kappa shape index (κ3) is 2.57. The summed E-state index contributed by atoms with van der Waals surface area (Å²) in [6.07, 6.45) is 0. The lowest BCUT2D eigenvalue weighted by atomic mass is 9.95. The first-order valence-corrected chi connectivity index (χ1v) is 6.34. The molecule has 0 bridgehead atoms. The second kappa shape index (κ2) is 5.45. The molecular formula is C13H15BrO3. The summed E-state index contributed by atoms with van der Waals surface area (Å²) in [5, 5.41) is 0.0291. The number of Topliss-reactive ketones (excluding diaryl/α,β-unsaturated/α-hetero) is 2. The molecule has 0 aliphatic rings. The normalized spacial score (nSPS) is 10.2. The van der Waals surface area contributed by atoms with E-state index in [2.05, 4.69) is 15.9 Å². The molecule has 0 saturated carbocycles. The van der Waals surface area contributed by atoms with Crippen molar-refractivity contribution in [2.75, 3.05) is 12.4 Å². The molecule has 17 heavy (non-hydrogen) atoms. The quantitative estimate of drug-likeness (QED) is 0.488. The number of carbonyl (C=O) groups is 2. The molecule has 0 aromatic heterocycles. The minimum Gasteiger partial charge on any atom is -0.496 e. The maximum Gasteiger partial charge on any atom is 0.233 e. The summed E-state index contributed by atoms with van der Waals surface area (Å²) in [4.78, 5) is 23.5. The third-order valence-electron chi connectivity index (χ3n) is 2.79. The predicted octanol–water partition coefficient (Wildman–Crippen LogP) is 2.77. The zero-order valence-electron chi connectivity index (χ0n) is 10.4. The van der Waals surface area contributed by atoms with Gasteiger partial charge in [0.15, 0.2) is 0 Å². The maximum atomic E-state index is 12.0. The Hall–Kier alpha value is -1.16. The third-order valence-corrected chi connectivity index (χ3v) is 3.30. The number of benzene rings is 1. The van der Waals surface area contributed by atoms with Crippen molar-refractivity contribution in [1.82, 2.24) is 0 Å². The van der Waals surface area contributed by atoms with Gasteiger partial charge in [-0.3, -0.25) is 9.59 Å². The lowest BCUT2D eigenvalue weighted by molar-refractivity contribution is -0.112. The summed E-state index contributed by atoms with van der Waals surface area (Å²) >= 11 is 3.01. The topological polar surface area (TPSA) is 43.4 Å². The van der Waals surface area contributed by atoms with Gasteiger partial charge >= 0.3 is 0 Å². The number of rotatable bonds is 4. The van der Waals surface area contributed by atoms with Crippen molar-refractivity contribution in [3.63, 3.8) is 0 Å². The molecule has 0 spiro atoms. The number of halogens is 1. The number of carbonyl (C=O) groups excluding carboxylic acids is 2. The van der Waals surface area contributed by atoms with Crippen LogP contribution in [-0.4, -0.2) is 24.0 Å². The van der Waals surface area contributed by atoms with Crippen LogP contribution in [-0.2, 0) is 4.79 Å². The summed E-state index contributed by atoms with van der Waals surface area (Å²) in [5.74, 6) is -0.462. The van der Waals surface area contributed by atoms with Crippen LogP contribution in [0.4, 0.5) is 0 Å². The molecule has 0 fully saturated rings. The van der Waals surface area contributed by atoms with Crippen LogP contribution in [0, 0.1) is 20.8 Å². The van der Waals surface area contributed by atoms with E-state index in [9.17, 15) is 9.59 Å². The predicted molar refractivity (Wildman–Crippen MR) is 70.3 cm³/mol. The second-order valence-corrected chi connectivity index (χ2v) is 4.49. The smallest absolute Gasteiger partial charge is 0.233 e. The molecule has 0 unspecified atom stereocenters. The molecule has 4 heteroatoms. The summed E-state index contributed by atoms with van der Waals surface area (Å²) in [6, 6.07) is 1.90. The van der Waals surface area contributed by atoms with Gasteiger partial charge in [0, 0.05) is 0 Å². The molecule has 92 valence electrons. The maximum absolute atomic E-state index is 12.0. The Morgan fingerprint density at radius 2 is 1.82 bits per heavy atom. The summed E-state index contributed by atoms with van der Waals surface area (Å²) < 4.78 is 5.27. The van der Waals surface area contributed by atoms with Crippen LogP contribution in [0.1, 0.15) is 27.0 Å². The SMILES string of the molecule is COc1c(C)c(C)cc(C)c1C(=O)C(=O)CBr. The summed E-state index contributed by atoms with van der Waals surface area (Å²) in [5.41, 5.74) is 3.08. The lowest BCUT2D eigenvalue weighted by Gasteiger charge is -2.14. The van der Waals surface area contributed by atoms with Gasteiger partial charge in [0.05, 0.1) is 18.0 Å². The van der Waals surface area contributed by atoms with Crippen LogP contribution in [0.15, 0.2) is 6.07 Å². The highest BCUT2D eigenvalue weighted by Crippen LogP contribution is 2.30. The van der Waals surface area contributed by atoms with Crippen molar-refractivity contribution < 1.29 is 14.3 Å². The first-order valence-electron chi connectivity index (χ1n) is 5.22. The van der Waals surface area contributed by atoms with Crippen molar-refractivity contribution in [1.29, 1.82) is 0 Å². The van der Waals surface area contributed by atoms with Gasteiger partial charge in [-0.25, -0.2) is 0 Å². The number of hydrogen-bond acceptors (Lipinski definition) is 3. The Labute approximate surface area is 109 Å². The van der Waals surface area contributed by atoms with E-state index in [1.807, 2.05) is 26.8 Å². The van der Waals surface area contributed by atoms with Gasteiger partial charge in [0.2, 0.25) is 11.6 Å². The van der Waals surface area contributed by atoms with Crippen LogP contribution < -0.4 is 4.74 Å². The van der Waals surface area contributed by atoms with Crippen LogP contribution >= 0.6 is 15.9 Å². The Kier molecular flexibility index (Phi) is 4.46. The molecule has 0 radical (unpaired) electrons. The molecule has 0 heterocycles. The monoisotopic (exact) mass is 298 g/mol. The Balaban J connectivity index is 3.47. The van der Waals surface area contributed by atoms with Crippen molar-refractivity contribution in [3.05, 3.63) is 28.3 Å². The Morgan fingerprint density at radius 1 is 1.24 bits per heavy atom. The molecule has 0 aliphatic carbocycles. The molecule has 0 saturated heterocycles. The van der Waals surface area contributed by atoms with E-state index in [-0.39, 0.29) is 5.33 Å². The van der Waals surface area contributed by atoms with Crippen LogP contribution in [0.25, 0.3) is 0 Å². The zero-order valence-corrected chi connectivity index (χ0v) is 12.0. The largest absolute Gasteiger partial charge is 0.496 e. The molecule has 1 aromatic rings. The van der Waals surface area contributed by atoms with E-state index < -0.39 is 11.6 Å². The minimum absolute atomic E-state index is 0.0291. The van der Waals surface area contributed by atoms with Gasteiger partial charge in [-0.2, -0.15) is 0 Å². The molecular weight excluding hydrogens is 284 g/mol. The van der Waals surface area contributed by atoms with Gasteiger partial charge in [0.1, 0.15) is 5.75 Å². The zero-order chi connectivity index (χ0) is 13.2. The van der Waals surface area contributed by atoms with Crippen LogP contribution in [0.2, 0.25) is 0 Å². The second-order valence-electron chi connectivity index (χ2n) is 3.93. The summed E-state index contributed by atoms with van der Waals surface area (Å²) in [6.45, 7) is 5.64. The van der Waals surface area contributed by atoms with Crippen molar-refractivity contribution >= 4 is 27.5 Å². The highest BCUT2D eigenvalue weighted by atomic mass is 79.9. The molecule has 1 rings (SSSR count). The number of alkyl halides is 1. The Morgan fingerprint density at radius 3 is 2.29 bits per heavy atom. The van der Waals surface area contributed by atoms with E-state index in [0.717, 1.165) is 16.7 Å². The molecule has 0 N–H and O–H groups in total. The molecule has 0 aliphatic heterocycles. The Bertz CT molecular complexity index is 478. The fourth-order valence-electron chi connectivity index (χ4n) is 1.79. The number of aryl methyl sites for hydroxylation is 2.